The summed E-state index contributed by atoms with van der Waals surface area (Å²) in [6.45, 7) is 0. The molecule has 0 spiro atoms. The van der Waals surface area contributed by atoms with Crippen LogP contribution in [0.15, 0.2) is 6.20 Å². The van der Waals surface area contributed by atoms with E-state index in [1.54, 1.807) is 0 Å². The highest BCUT2D eigenvalue weighted by Gasteiger charge is 2.57. The zero-order chi connectivity index (χ0) is 16.0. The number of nitrogens with two attached hydrogens (primary N) is 1. The number of carbonyl (C=O) groups is 1. The minimum atomic E-state index is -0.508. The van der Waals surface area contributed by atoms with Gasteiger partial charge in [0, 0.05) is 17.8 Å². The summed E-state index contributed by atoms with van der Waals surface area (Å²) < 4.78 is 0. The van der Waals surface area contributed by atoms with Crippen LogP contribution in [0.3, 0.4) is 0 Å². The monoisotopic (exact) mass is 317 g/mol. The van der Waals surface area contributed by atoms with E-state index in [1.807, 2.05) is 0 Å². The summed E-state index contributed by atoms with van der Waals surface area (Å²) in [4.78, 5) is 20.4. The predicted octanol–water partition coefficient (Wildman–Crippen LogP) is 1.26. The van der Waals surface area contributed by atoms with E-state index in [9.17, 15) is 9.90 Å². The average Bonchev–Trinajstić information content (AvgIpc) is 2.44. The van der Waals surface area contributed by atoms with Crippen LogP contribution in [-0.4, -0.2) is 38.7 Å². The number of amides is 1. The molecule has 1 aromatic rings. The van der Waals surface area contributed by atoms with Crippen molar-refractivity contribution in [1.82, 2.24) is 9.97 Å². The van der Waals surface area contributed by atoms with Crippen molar-refractivity contribution < 1.29 is 9.90 Å². The highest BCUT2D eigenvalue weighted by molar-refractivity contribution is 5.97. The van der Waals surface area contributed by atoms with Crippen LogP contribution in [0.1, 0.15) is 55.3 Å². The third-order valence-corrected chi connectivity index (χ3v) is 5.51. The zero-order valence-electron chi connectivity index (χ0n) is 13.1. The Labute approximate surface area is 135 Å². The largest absolute Gasteiger partial charge is 0.393 e. The molecule has 0 radical (unpaired) electrons. The van der Waals surface area contributed by atoms with Crippen LogP contribution in [0.5, 0.6) is 0 Å². The van der Waals surface area contributed by atoms with Crippen LogP contribution in [0, 0.1) is 5.92 Å². The molecule has 0 atom stereocenters. The van der Waals surface area contributed by atoms with Crippen molar-refractivity contribution in [2.45, 2.75) is 62.6 Å². The summed E-state index contributed by atoms with van der Waals surface area (Å²) in [7, 11) is 0. The summed E-state index contributed by atoms with van der Waals surface area (Å²) in [5.41, 5.74) is 5.92. The molecular weight excluding hydrogens is 294 g/mol. The Balaban J connectivity index is 1.50. The molecule has 4 aliphatic rings. The van der Waals surface area contributed by atoms with Crippen molar-refractivity contribution in [3.8, 4) is 0 Å². The number of aliphatic hydroxyl groups excluding tert-OH is 1. The van der Waals surface area contributed by atoms with Crippen molar-refractivity contribution in [3.63, 3.8) is 0 Å². The third-order valence-electron chi connectivity index (χ3n) is 5.51. The van der Waals surface area contributed by atoms with E-state index in [0.717, 1.165) is 50.9 Å². The molecule has 1 aromatic heterocycles. The second-order valence-corrected chi connectivity index (χ2v) is 7.35. The van der Waals surface area contributed by atoms with Gasteiger partial charge in [-0.15, -0.1) is 0 Å². The molecule has 2 bridgehead atoms. The minimum Gasteiger partial charge on any atom is -0.393 e. The van der Waals surface area contributed by atoms with E-state index >= 15 is 0 Å². The maximum atomic E-state index is 11.6. The Hall–Kier alpha value is -1.89. The quantitative estimate of drug-likeness (QED) is 0.650. The summed E-state index contributed by atoms with van der Waals surface area (Å²) in [5.74, 6) is 1.40. The summed E-state index contributed by atoms with van der Waals surface area (Å²) in [6, 6.07) is 0.264. The number of aromatic nitrogens is 2. The van der Waals surface area contributed by atoms with Gasteiger partial charge < -0.3 is 21.5 Å². The molecule has 1 amide bonds. The number of primary amides is 1. The SMILES string of the molecule is NC(=O)c1cnc(NC2CCC(O)CC2)nc1NC12CC(C1)C2. The van der Waals surface area contributed by atoms with Crippen LogP contribution in [-0.2, 0) is 0 Å². The van der Waals surface area contributed by atoms with E-state index < -0.39 is 5.91 Å². The Morgan fingerprint density at radius 3 is 2.52 bits per heavy atom. The maximum absolute atomic E-state index is 11.6. The standard InChI is InChI=1S/C16H23N5O2/c17-13(23)12-8-18-15(19-10-1-3-11(22)4-2-10)20-14(12)21-16-5-9(6-16)7-16/h8-11,22H,1-7H2,(H2,17,23)(H2,18,19,20,21). The van der Waals surface area contributed by atoms with Crippen LogP contribution in [0.25, 0.3) is 0 Å². The van der Waals surface area contributed by atoms with Crippen molar-refractivity contribution in [1.29, 1.82) is 0 Å². The molecule has 7 nitrogen and oxygen atoms in total. The van der Waals surface area contributed by atoms with Crippen molar-refractivity contribution >= 4 is 17.7 Å². The van der Waals surface area contributed by atoms with E-state index in [-0.39, 0.29) is 17.7 Å². The zero-order valence-corrected chi connectivity index (χ0v) is 13.1. The predicted molar refractivity (Wildman–Crippen MR) is 86.1 cm³/mol. The molecule has 0 aliphatic heterocycles. The number of nitrogens with one attached hydrogen (secondary N) is 2. The Bertz CT molecular complexity index is 610. The molecule has 0 saturated heterocycles. The first-order valence-electron chi connectivity index (χ1n) is 8.43. The van der Waals surface area contributed by atoms with Gasteiger partial charge in [-0.1, -0.05) is 0 Å². The average molecular weight is 317 g/mol. The van der Waals surface area contributed by atoms with Crippen LogP contribution in [0.2, 0.25) is 0 Å². The summed E-state index contributed by atoms with van der Waals surface area (Å²) in [5, 5.41) is 16.3. The third kappa shape index (κ3) is 2.73. The molecule has 4 aliphatic carbocycles. The van der Waals surface area contributed by atoms with Crippen LogP contribution < -0.4 is 16.4 Å². The number of anilines is 2. The van der Waals surface area contributed by atoms with Gasteiger partial charge >= 0.3 is 0 Å². The molecule has 7 heteroatoms. The van der Waals surface area contributed by atoms with Gasteiger partial charge in [0.05, 0.1) is 11.7 Å². The highest BCUT2D eigenvalue weighted by atomic mass is 16.3. The first-order valence-corrected chi connectivity index (χ1v) is 8.43. The van der Waals surface area contributed by atoms with Crippen LogP contribution >= 0.6 is 0 Å². The number of nitrogens with zero attached hydrogens (tertiary/aromatic N) is 2. The maximum Gasteiger partial charge on any atom is 0.254 e. The minimum absolute atomic E-state index is 0.120. The van der Waals surface area contributed by atoms with Crippen molar-refractivity contribution in [2.24, 2.45) is 11.7 Å². The molecule has 4 saturated carbocycles. The number of hydrogen-bond acceptors (Lipinski definition) is 6. The smallest absolute Gasteiger partial charge is 0.254 e. The summed E-state index contributed by atoms with van der Waals surface area (Å²) in [6.07, 6.45) is 8.16. The van der Waals surface area contributed by atoms with Gasteiger partial charge in [0.25, 0.3) is 5.91 Å². The highest BCUT2D eigenvalue weighted by Crippen LogP contribution is 2.58. The van der Waals surface area contributed by atoms with Crippen molar-refractivity contribution in [2.75, 3.05) is 10.6 Å². The van der Waals surface area contributed by atoms with Gasteiger partial charge in [0.2, 0.25) is 5.95 Å². The fourth-order valence-electron chi connectivity index (χ4n) is 4.01. The first kappa shape index (κ1) is 14.7. The van der Waals surface area contributed by atoms with Gasteiger partial charge in [-0.2, -0.15) is 4.98 Å². The number of carbonyl (C=O) groups excluding carboxylic acids is 1. The van der Waals surface area contributed by atoms with Gasteiger partial charge in [0.1, 0.15) is 5.82 Å². The summed E-state index contributed by atoms with van der Waals surface area (Å²) >= 11 is 0. The molecule has 0 aromatic carbocycles. The Morgan fingerprint density at radius 2 is 1.96 bits per heavy atom. The van der Waals surface area contributed by atoms with E-state index in [1.165, 1.54) is 6.20 Å². The lowest BCUT2D eigenvalue weighted by atomic mass is 9.50. The molecular formula is C16H23N5O2. The fourth-order valence-corrected chi connectivity index (χ4v) is 4.01. The second-order valence-electron chi connectivity index (χ2n) is 7.35. The van der Waals surface area contributed by atoms with Gasteiger partial charge in [-0.05, 0) is 50.9 Å². The van der Waals surface area contributed by atoms with E-state index in [2.05, 4.69) is 20.6 Å². The van der Waals surface area contributed by atoms with Crippen molar-refractivity contribution in [3.05, 3.63) is 11.8 Å². The van der Waals surface area contributed by atoms with Crippen LogP contribution in [0.4, 0.5) is 11.8 Å². The topological polar surface area (TPSA) is 113 Å². The lowest BCUT2D eigenvalue weighted by Crippen LogP contribution is -2.63. The molecule has 5 rings (SSSR count). The second kappa shape index (κ2) is 5.33. The normalized spacial score (nSPS) is 34.9. The van der Waals surface area contributed by atoms with E-state index in [0.29, 0.717) is 17.3 Å². The first-order chi connectivity index (χ1) is 11.0. The molecule has 1 heterocycles. The number of hydrogen-bond donors (Lipinski definition) is 4. The molecule has 4 fully saturated rings. The molecule has 23 heavy (non-hydrogen) atoms. The van der Waals surface area contributed by atoms with Gasteiger partial charge in [-0.3, -0.25) is 4.79 Å². The fraction of sp³-hybridized carbons (Fsp3) is 0.688. The molecule has 5 N–H and O–H groups in total. The van der Waals surface area contributed by atoms with Gasteiger partial charge in [-0.25, -0.2) is 4.98 Å². The lowest BCUT2D eigenvalue weighted by Gasteiger charge is -2.62. The molecule has 0 unspecified atom stereocenters. The number of rotatable bonds is 5. The van der Waals surface area contributed by atoms with E-state index in [4.69, 9.17) is 5.73 Å². The molecule has 124 valence electrons. The number of aliphatic hydroxyl groups is 1. The lowest BCUT2D eigenvalue weighted by molar-refractivity contribution is 0.00177. The van der Waals surface area contributed by atoms with Gasteiger partial charge in [0.15, 0.2) is 0 Å². The Kier molecular flexibility index (Phi) is 3.41. The Morgan fingerprint density at radius 1 is 1.26 bits per heavy atom.